The maximum atomic E-state index is 5.79. The summed E-state index contributed by atoms with van der Waals surface area (Å²) in [6.45, 7) is 6.25. The first-order valence-corrected chi connectivity index (χ1v) is 6.51. The third kappa shape index (κ3) is 1.99. The average Bonchev–Trinajstić information content (AvgIpc) is 2.56. The highest BCUT2D eigenvalue weighted by Gasteiger charge is 2.12. The average molecular weight is 256 g/mol. The first-order valence-electron chi connectivity index (χ1n) is 5.16. The van der Waals surface area contributed by atoms with Crippen LogP contribution in [0.2, 0.25) is 0 Å². The Morgan fingerprint density at radius 3 is 2.88 bits per heavy atom. The zero-order chi connectivity index (χ0) is 11.7. The monoisotopic (exact) mass is 255 g/mol. The second-order valence-corrected chi connectivity index (χ2v) is 5.40. The van der Waals surface area contributed by atoms with Crippen molar-refractivity contribution in [3.8, 4) is 0 Å². The van der Waals surface area contributed by atoms with E-state index in [1.165, 1.54) is 10.4 Å². The minimum atomic E-state index is 0.208. The molecule has 5 heteroatoms. The maximum Gasteiger partial charge on any atom is 0.138 e. The molecule has 0 aliphatic rings. The van der Waals surface area contributed by atoms with E-state index >= 15 is 0 Å². The van der Waals surface area contributed by atoms with Crippen molar-refractivity contribution in [3.05, 3.63) is 16.8 Å². The molecule has 2 heterocycles. The lowest BCUT2D eigenvalue weighted by atomic mass is 10.2. The van der Waals surface area contributed by atoms with Gasteiger partial charge in [0.1, 0.15) is 17.0 Å². The van der Waals surface area contributed by atoms with Gasteiger partial charge >= 0.3 is 0 Å². The first-order chi connectivity index (χ1) is 7.63. The number of nitrogens with zero attached hydrogens (tertiary/aromatic N) is 2. The van der Waals surface area contributed by atoms with Gasteiger partial charge in [-0.3, -0.25) is 0 Å². The maximum absolute atomic E-state index is 5.79. The van der Waals surface area contributed by atoms with Crippen molar-refractivity contribution in [2.45, 2.75) is 26.8 Å². The van der Waals surface area contributed by atoms with Crippen molar-refractivity contribution in [1.29, 1.82) is 0 Å². The van der Waals surface area contributed by atoms with E-state index in [-0.39, 0.29) is 6.04 Å². The van der Waals surface area contributed by atoms with Crippen molar-refractivity contribution in [2.75, 3.05) is 11.2 Å². The van der Waals surface area contributed by atoms with Crippen LogP contribution in [-0.2, 0) is 0 Å². The molecule has 86 valence electrons. The Kier molecular flexibility index (Phi) is 3.30. The molecule has 2 aromatic rings. The van der Waals surface area contributed by atoms with Gasteiger partial charge in [0, 0.05) is 16.8 Å². The summed E-state index contributed by atoms with van der Waals surface area (Å²) in [5.74, 6) is 1.45. The van der Waals surface area contributed by atoms with E-state index in [0.717, 1.165) is 16.0 Å². The minimum Gasteiger partial charge on any atom is -0.366 e. The summed E-state index contributed by atoms with van der Waals surface area (Å²) in [7, 11) is 0. The number of anilines is 1. The van der Waals surface area contributed by atoms with Crippen LogP contribution in [0.25, 0.3) is 10.2 Å². The van der Waals surface area contributed by atoms with Gasteiger partial charge in [-0.15, -0.1) is 22.9 Å². The van der Waals surface area contributed by atoms with Crippen LogP contribution in [0.5, 0.6) is 0 Å². The van der Waals surface area contributed by atoms with Gasteiger partial charge in [0.15, 0.2) is 0 Å². The largest absolute Gasteiger partial charge is 0.366 e. The minimum absolute atomic E-state index is 0.208. The summed E-state index contributed by atoms with van der Waals surface area (Å²) in [6, 6.07) is 0.208. The molecule has 1 atom stereocenters. The molecule has 16 heavy (non-hydrogen) atoms. The van der Waals surface area contributed by atoms with Crippen molar-refractivity contribution < 1.29 is 0 Å². The third-order valence-electron chi connectivity index (χ3n) is 2.58. The van der Waals surface area contributed by atoms with Crippen LogP contribution in [0.15, 0.2) is 6.33 Å². The van der Waals surface area contributed by atoms with Crippen molar-refractivity contribution >= 4 is 39.0 Å². The molecule has 0 bridgehead atoms. The number of rotatable bonds is 3. The predicted molar refractivity (Wildman–Crippen MR) is 70.7 cm³/mol. The summed E-state index contributed by atoms with van der Waals surface area (Å²) in [4.78, 5) is 10.9. The number of thiophene rings is 1. The number of hydrogen-bond donors (Lipinski definition) is 1. The van der Waals surface area contributed by atoms with E-state index in [1.807, 2.05) is 6.92 Å². The fraction of sp³-hybridized carbons (Fsp3) is 0.455. The molecule has 3 nitrogen and oxygen atoms in total. The molecule has 0 aliphatic heterocycles. The van der Waals surface area contributed by atoms with Crippen LogP contribution >= 0.6 is 22.9 Å². The van der Waals surface area contributed by atoms with Crippen LogP contribution < -0.4 is 5.32 Å². The number of nitrogens with one attached hydrogen (secondary N) is 1. The number of halogens is 1. The Bertz CT molecular complexity index is 509. The Morgan fingerprint density at radius 1 is 1.44 bits per heavy atom. The van der Waals surface area contributed by atoms with Gasteiger partial charge in [0.2, 0.25) is 0 Å². The molecule has 1 N–H and O–H groups in total. The summed E-state index contributed by atoms with van der Waals surface area (Å²) >= 11 is 7.50. The van der Waals surface area contributed by atoms with Gasteiger partial charge in [0.25, 0.3) is 0 Å². The first kappa shape index (κ1) is 11.6. The Labute approximate surface area is 104 Å². The van der Waals surface area contributed by atoms with Crippen LogP contribution in [0.1, 0.15) is 17.4 Å². The third-order valence-corrected chi connectivity index (χ3v) is 4.16. The molecule has 0 saturated heterocycles. The second kappa shape index (κ2) is 4.55. The summed E-state index contributed by atoms with van der Waals surface area (Å²) in [5.41, 5.74) is 1.25. The number of aromatic nitrogens is 2. The fourth-order valence-electron chi connectivity index (χ4n) is 1.56. The van der Waals surface area contributed by atoms with Gasteiger partial charge in [-0.05, 0) is 26.3 Å². The van der Waals surface area contributed by atoms with Gasteiger partial charge in [-0.2, -0.15) is 0 Å². The zero-order valence-electron chi connectivity index (χ0n) is 9.54. The SMILES string of the molecule is Cc1sc2ncnc(NC(C)CCl)c2c1C. The van der Waals surface area contributed by atoms with E-state index in [4.69, 9.17) is 11.6 Å². The summed E-state index contributed by atoms with van der Waals surface area (Å²) < 4.78 is 0. The Balaban J connectivity index is 2.52. The lowest BCUT2D eigenvalue weighted by Crippen LogP contribution is -2.17. The van der Waals surface area contributed by atoms with Crippen LogP contribution in [0.3, 0.4) is 0 Å². The molecule has 0 fully saturated rings. The Morgan fingerprint density at radius 2 is 2.19 bits per heavy atom. The van der Waals surface area contributed by atoms with Crippen LogP contribution in [0.4, 0.5) is 5.82 Å². The number of alkyl halides is 1. The lowest BCUT2D eigenvalue weighted by Gasteiger charge is -2.11. The van der Waals surface area contributed by atoms with E-state index in [1.54, 1.807) is 17.7 Å². The van der Waals surface area contributed by atoms with E-state index in [9.17, 15) is 0 Å². The molecule has 0 saturated carbocycles. The molecular formula is C11H14ClN3S. The molecule has 1 unspecified atom stereocenters. The summed E-state index contributed by atoms with van der Waals surface area (Å²) in [5, 5.41) is 4.44. The predicted octanol–water partition coefficient (Wildman–Crippen LogP) is 3.35. The zero-order valence-corrected chi connectivity index (χ0v) is 11.1. The molecule has 0 spiro atoms. The fourth-order valence-corrected chi connectivity index (χ4v) is 2.64. The van der Waals surface area contributed by atoms with E-state index in [2.05, 4.69) is 29.1 Å². The molecule has 2 rings (SSSR count). The highest BCUT2D eigenvalue weighted by molar-refractivity contribution is 7.18. The molecule has 2 aromatic heterocycles. The van der Waals surface area contributed by atoms with Crippen molar-refractivity contribution in [2.24, 2.45) is 0 Å². The quantitative estimate of drug-likeness (QED) is 0.855. The molecule has 0 aliphatic carbocycles. The Hall–Kier alpha value is -0.870. The van der Waals surface area contributed by atoms with Gasteiger partial charge in [0.05, 0.1) is 5.39 Å². The van der Waals surface area contributed by atoms with Gasteiger partial charge < -0.3 is 5.32 Å². The molecular weight excluding hydrogens is 242 g/mol. The number of aryl methyl sites for hydroxylation is 2. The molecule has 0 aromatic carbocycles. The smallest absolute Gasteiger partial charge is 0.138 e. The standard InChI is InChI=1S/C11H14ClN3S/c1-6(4-12)15-10-9-7(2)8(3)16-11(9)14-5-13-10/h5-6H,4H2,1-3H3,(H,13,14,15). The van der Waals surface area contributed by atoms with E-state index < -0.39 is 0 Å². The normalized spacial score (nSPS) is 13.0. The summed E-state index contributed by atoms with van der Waals surface area (Å²) in [6.07, 6.45) is 1.60. The number of fused-ring (bicyclic) bond motifs is 1. The second-order valence-electron chi connectivity index (χ2n) is 3.89. The van der Waals surface area contributed by atoms with Crippen molar-refractivity contribution in [3.63, 3.8) is 0 Å². The van der Waals surface area contributed by atoms with Gasteiger partial charge in [-0.25, -0.2) is 9.97 Å². The van der Waals surface area contributed by atoms with Crippen molar-refractivity contribution in [1.82, 2.24) is 9.97 Å². The van der Waals surface area contributed by atoms with Gasteiger partial charge in [-0.1, -0.05) is 0 Å². The van der Waals surface area contributed by atoms with Crippen LogP contribution in [-0.4, -0.2) is 21.9 Å². The molecule has 0 radical (unpaired) electrons. The van der Waals surface area contributed by atoms with E-state index in [0.29, 0.717) is 5.88 Å². The number of hydrogen-bond acceptors (Lipinski definition) is 4. The lowest BCUT2D eigenvalue weighted by molar-refractivity contribution is 0.898. The highest BCUT2D eigenvalue weighted by atomic mass is 35.5. The topological polar surface area (TPSA) is 37.8 Å². The highest BCUT2D eigenvalue weighted by Crippen LogP contribution is 2.32. The van der Waals surface area contributed by atoms with Crippen LogP contribution in [0, 0.1) is 13.8 Å². The molecule has 0 amide bonds.